The molecule has 2 saturated heterocycles. The lowest BCUT2D eigenvalue weighted by atomic mass is 10.1. The molecule has 1 amide bonds. The van der Waals surface area contributed by atoms with Crippen molar-refractivity contribution in [1.29, 1.82) is 0 Å². The minimum absolute atomic E-state index is 0.0426. The van der Waals surface area contributed by atoms with Gasteiger partial charge in [-0.2, -0.15) is 0 Å². The zero-order valence-electron chi connectivity index (χ0n) is 25.4. The summed E-state index contributed by atoms with van der Waals surface area (Å²) in [6.07, 6.45) is 3.80. The number of nitrogens with one attached hydrogen (secondary N) is 2. The normalized spacial score (nSPS) is 16.5. The largest absolute Gasteiger partial charge is 0.451 e. The molecule has 0 atom stereocenters. The van der Waals surface area contributed by atoms with E-state index in [1.807, 2.05) is 24.3 Å². The van der Waals surface area contributed by atoms with Crippen LogP contribution in [0.25, 0.3) is 49.1 Å². The highest BCUT2D eigenvalue weighted by atomic mass is 19.1. The molecule has 2 N–H and O–H groups in total. The van der Waals surface area contributed by atoms with Gasteiger partial charge in [0.1, 0.15) is 16.8 Å². The zero-order chi connectivity index (χ0) is 31.4. The van der Waals surface area contributed by atoms with Crippen LogP contribution in [-0.2, 0) is 4.74 Å². The molecular formula is C35H34FN5O5. The van der Waals surface area contributed by atoms with Gasteiger partial charge in [0.15, 0.2) is 22.4 Å². The van der Waals surface area contributed by atoms with Gasteiger partial charge in [0.25, 0.3) is 5.91 Å². The summed E-state index contributed by atoms with van der Waals surface area (Å²) in [6, 6.07) is 12.1. The Morgan fingerprint density at radius 2 is 1.57 bits per heavy atom. The summed E-state index contributed by atoms with van der Waals surface area (Å²) in [4.78, 5) is 45.2. The first kappa shape index (κ1) is 28.9. The van der Waals surface area contributed by atoms with E-state index in [9.17, 15) is 14.4 Å². The summed E-state index contributed by atoms with van der Waals surface area (Å²) < 4.78 is 29.5. The van der Waals surface area contributed by atoms with Crippen LogP contribution in [0.15, 0.2) is 62.7 Å². The van der Waals surface area contributed by atoms with Crippen LogP contribution in [-0.4, -0.2) is 85.7 Å². The summed E-state index contributed by atoms with van der Waals surface area (Å²) in [5.74, 6) is -1.17. The van der Waals surface area contributed by atoms with Crippen LogP contribution in [0.2, 0.25) is 0 Å². The number of anilines is 1. The molecule has 11 heteroatoms. The van der Waals surface area contributed by atoms with Gasteiger partial charge in [-0.15, -0.1) is 0 Å². The molecule has 2 aliphatic heterocycles. The number of carbonyl (C=O) groups is 1. The Labute approximate surface area is 262 Å². The van der Waals surface area contributed by atoms with Crippen LogP contribution >= 0.6 is 0 Å². The summed E-state index contributed by atoms with van der Waals surface area (Å²) in [7, 11) is 0. The number of hydrogen-bond donors (Lipinski definition) is 2. The molecule has 8 rings (SSSR count). The first-order valence-electron chi connectivity index (χ1n) is 15.9. The van der Waals surface area contributed by atoms with Crippen molar-refractivity contribution in [2.75, 3.05) is 70.9 Å². The number of carbonyl (C=O) groups excluding carboxylic acids is 1. The number of ether oxygens (including phenoxy) is 1. The first-order chi connectivity index (χ1) is 22.5. The second kappa shape index (κ2) is 11.7. The Morgan fingerprint density at radius 1 is 0.826 bits per heavy atom. The quantitative estimate of drug-likeness (QED) is 0.194. The van der Waals surface area contributed by atoms with Crippen molar-refractivity contribution >= 4 is 60.7 Å². The smallest absolute Gasteiger partial charge is 0.256 e. The maximum atomic E-state index is 15.9. The SMILES string of the molecule is O=C(NCCN1CCCC1)c1cn2c3cc4c(cc3oc3c(NCCN5CCOCC5)c(F)cc(c1=O)c32)c(=O)c1ccccc14. The molecule has 0 saturated carbocycles. The van der Waals surface area contributed by atoms with Gasteiger partial charge in [-0.1, -0.05) is 24.3 Å². The molecule has 0 unspecified atom stereocenters. The van der Waals surface area contributed by atoms with E-state index < -0.39 is 17.2 Å². The highest BCUT2D eigenvalue weighted by Gasteiger charge is 2.24. The van der Waals surface area contributed by atoms with E-state index in [1.54, 1.807) is 16.5 Å². The molecule has 2 fully saturated rings. The molecule has 4 heterocycles. The van der Waals surface area contributed by atoms with Gasteiger partial charge in [-0.05, 0) is 54.9 Å². The van der Waals surface area contributed by atoms with Crippen LogP contribution in [0.5, 0.6) is 0 Å². The maximum absolute atomic E-state index is 15.9. The lowest BCUT2D eigenvalue weighted by Gasteiger charge is -2.26. The first-order valence-corrected chi connectivity index (χ1v) is 15.9. The maximum Gasteiger partial charge on any atom is 0.256 e. The second-order valence-corrected chi connectivity index (χ2v) is 12.2. The van der Waals surface area contributed by atoms with Gasteiger partial charge in [0, 0.05) is 56.2 Å². The third-order valence-electron chi connectivity index (χ3n) is 9.46. The third-order valence-corrected chi connectivity index (χ3v) is 9.46. The number of fused-ring (bicyclic) bond motifs is 5. The predicted molar refractivity (Wildman–Crippen MR) is 177 cm³/mol. The number of rotatable bonds is 8. The van der Waals surface area contributed by atoms with E-state index in [1.165, 1.54) is 12.3 Å². The number of hydrogen-bond acceptors (Lipinski definition) is 8. The van der Waals surface area contributed by atoms with Gasteiger partial charge >= 0.3 is 0 Å². The van der Waals surface area contributed by atoms with E-state index in [4.69, 9.17) is 9.15 Å². The van der Waals surface area contributed by atoms with E-state index in [2.05, 4.69) is 20.4 Å². The van der Waals surface area contributed by atoms with Crippen molar-refractivity contribution in [2.24, 2.45) is 0 Å². The summed E-state index contributed by atoms with van der Waals surface area (Å²) in [6.45, 7) is 7.09. The average molecular weight is 624 g/mol. The number of benzene rings is 3. The van der Waals surface area contributed by atoms with Crippen LogP contribution < -0.4 is 21.5 Å². The van der Waals surface area contributed by atoms with Gasteiger partial charge in [-0.25, -0.2) is 4.39 Å². The number of amides is 1. The van der Waals surface area contributed by atoms with Crippen molar-refractivity contribution in [3.05, 3.63) is 80.5 Å². The molecule has 46 heavy (non-hydrogen) atoms. The van der Waals surface area contributed by atoms with Crippen LogP contribution in [0, 0.1) is 5.82 Å². The Morgan fingerprint density at radius 3 is 2.37 bits per heavy atom. The fourth-order valence-electron chi connectivity index (χ4n) is 7.05. The van der Waals surface area contributed by atoms with E-state index in [0.29, 0.717) is 66.8 Å². The highest BCUT2D eigenvalue weighted by molar-refractivity contribution is 6.15. The number of pyridine rings is 1. The van der Waals surface area contributed by atoms with Crippen LogP contribution in [0.4, 0.5) is 10.1 Å². The van der Waals surface area contributed by atoms with Crippen molar-refractivity contribution in [2.45, 2.75) is 12.8 Å². The molecule has 0 radical (unpaired) electrons. The van der Waals surface area contributed by atoms with Gasteiger partial charge < -0.3 is 29.1 Å². The molecule has 0 aliphatic carbocycles. The van der Waals surface area contributed by atoms with Gasteiger partial charge in [0.2, 0.25) is 5.43 Å². The molecule has 2 aliphatic rings. The summed E-state index contributed by atoms with van der Waals surface area (Å²) in [5, 5.41) is 8.76. The Balaban J connectivity index is 1.30. The van der Waals surface area contributed by atoms with Gasteiger partial charge in [0.05, 0.1) is 24.1 Å². The van der Waals surface area contributed by atoms with Crippen LogP contribution in [0.1, 0.15) is 23.2 Å². The molecule has 0 spiro atoms. The Hall–Kier alpha value is -4.58. The second-order valence-electron chi connectivity index (χ2n) is 12.2. The summed E-state index contributed by atoms with van der Waals surface area (Å²) in [5.41, 5.74) is 0.740. The zero-order valence-corrected chi connectivity index (χ0v) is 25.4. The standard InChI is InChI=1S/C35H34FN5O5/c36-27-17-25-31-34(30(27)37-7-11-40-13-15-45-16-14-40)46-29-19-24-23(21-5-1-2-6-22(21)32(24)42)18-28(29)41(31)20-26(33(25)43)35(44)38-8-12-39-9-3-4-10-39/h1-2,5-6,17-20,37H,3-4,7-16H2,(H,38,44). The fraction of sp³-hybridized carbons (Fsp3) is 0.343. The van der Waals surface area contributed by atoms with Crippen molar-refractivity contribution in [3.8, 4) is 0 Å². The fourth-order valence-corrected chi connectivity index (χ4v) is 7.05. The molecule has 2 aromatic heterocycles. The topological polar surface area (TPSA) is 109 Å². The number of likely N-dealkylation sites (tertiary alicyclic amines) is 1. The van der Waals surface area contributed by atoms with Crippen molar-refractivity contribution in [1.82, 2.24) is 19.5 Å². The minimum Gasteiger partial charge on any atom is -0.451 e. The monoisotopic (exact) mass is 623 g/mol. The third kappa shape index (κ3) is 4.86. The highest BCUT2D eigenvalue weighted by Crippen LogP contribution is 2.36. The number of aromatic nitrogens is 1. The average Bonchev–Trinajstić information content (AvgIpc) is 3.69. The van der Waals surface area contributed by atoms with Gasteiger partial charge in [-0.3, -0.25) is 19.3 Å². The predicted octanol–water partition coefficient (Wildman–Crippen LogP) is 4.01. The van der Waals surface area contributed by atoms with E-state index in [-0.39, 0.29) is 27.6 Å². The molecule has 10 nitrogen and oxygen atoms in total. The molecule has 4 aromatic carbocycles. The summed E-state index contributed by atoms with van der Waals surface area (Å²) >= 11 is 0. The molecule has 236 valence electrons. The van der Waals surface area contributed by atoms with Crippen molar-refractivity contribution in [3.63, 3.8) is 0 Å². The van der Waals surface area contributed by atoms with Crippen molar-refractivity contribution < 1.29 is 18.3 Å². The number of halogens is 1. The molecule has 0 bridgehead atoms. The van der Waals surface area contributed by atoms with E-state index in [0.717, 1.165) is 49.8 Å². The van der Waals surface area contributed by atoms with E-state index >= 15 is 4.39 Å². The Kier molecular flexibility index (Phi) is 7.31. The lowest BCUT2D eigenvalue weighted by molar-refractivity contribution is 0.0398. The Bertz CT molecular complexity index is 2250. The van der Waals surface area contributed by atoms with Crippen LogP contribution in [0.3, 0.4) is 0 Å². The number of nitrogens with zero attached hydrogens (tertiary/aromatic N) is 3. The molecule has 6 aromatic rings. The number of morpholine rings is 1. The minimum atomic E-state index is -0.659. The molecular weight excluding hydrogens is 589 g/mol. The lowest BCUT2D eigenvalue weighted by Crippen LogP contribution is -2.39.